The van der Waals surface area contributed by atoms with Crippen LogP contribution in [-0.4, -0.2) is 0 Å². The lowest BCUT2D eigenvalue weighted by atomic mass is 10.1. The van der Waals surface area contributed by atoms with Crippen LogP contribution >= 0.6 is 0 Å². The van der Waals surface area contributed by atoms with Crippen molar-refractivity contribution in [2.45, 2.75) is 52.9 Å². The molecule has 0 spiro atoms. The van der Waals surface area contributed by atoms with E-state index in [0.29, 0.717) is 0 Å². The summed E-state index contributed by atoms with van der Waals surface area (Å²) in [6.45, 7) is 6.62. The average Bonchev–Trinajstić information content (AvgIpc) is 2.22. The van der Waals surface area contributed by atoms with Gasteiger partial charge in [0.05, 0.1) is 0 Å². The van der Waals surface area contributed by atoms with Gasteiger partial charge in [-0.2, -0.15) is 0 Å². The Kier molecular flexibility index (Phi) is 9.73. The van der Waals surface area contributed by atoms with E-state index in [4.69, 9.17) is 0 Å². The van der Waals surface area contributed by atoms with Crippen LogP contribution in [0.15, 0.2) is 30.3 Å². The first-order valence-corrected chi connectivity index (χ1v) is 5.89. The Hall–Kier alpha value is -0.780. The van der Waals surface area contributed by atoms with Crippen molar-refractivity contribution in [2.75, 3.05) is 0 Å². The van der Waals surface area contributed by atoms with Gasteiger partial charge in [-0.3, -0.25) is 0 Å². The van der Waals surface area contributed by atoms with Crippen molar-refractivity contribution in [3.05, 3.63) is 35.9 Å². The zero-order valence-corrected chi connectivity index (χ0v) is 9.92. The molecular weight excluding hydrogens is 168 g/mol. The van der Waals surface area contributed by atoms with Gasteiger partial charge in [0.15, 0.2) is 0 Å². The summed E-state index contributed by atoms with van der Waals surface area (Å²) in [5.74, 6) is 0. The molecule has 0 aliphatic heterocycles. The lowest BCUT2D eigenvalue weighted by Gasteiger charge is -1.93. The van der Waals surface area contributed by atoms with E-state index in [1.165, 1.54) is 37.7 Å². The van der Waals surface area contributed by atoms with Crippen LogP contribution in [0.4, 0.5) is 0 Å². The molecule has 0 radical (unpaired) electrons. The average molecular weight is 192 g/mol. The highest BCUT2D eigenvalue weighted by molar-refractivity contribution is 5.14. The highest BCUT2D eigenvalue weighted by Gasteiger charge is 1.84. The maximum absolute atomic E-state index is 2.21. The topological polar surface area (TPSA) is 0 Å². The van der Waals surface area contributed by atoms with Crippen molar-refractivity contribution in [3.63, 3.8) is 0 Å². The molecule has 0 heterocycles. The number of rotatable bonds is 4. The SMILES string of the molecule is CCCCC.CCCc1ccccc1. The van der Waals surface area contributed by atoms with Gasteiger partial charge in [-0.05, 0) is 12.0 Å². The van der Waals surface area contributed by atoms with Gasteiger partial charge in [0.25, 0.3) is 0 Å². The fourth-order valence-corrected chi connectivity index (χ4v) is 1.29. The van der Waals surface area contributed by atoms with Crippen LogP contribution in [0.3, 0.4) is 0 Å². The van der Waals surface area contributed by atoms with Crippen LogP contribution in [0.1, 0.15) is 52.0 Å². The molecule has 0 amide bonds. The Morgan fingerprint density at radius 3 is 1.71 bits per heavy atom. The lowest BCUT2D eigenvalue weighted by Crippen LogP contribution is -1.78. The molecular formula is C14H24. The fraction of sp³-hybridized carbons (Fsp3) is 0.571. The van der Waals surface area contributed by atoms with Crippen molar-refractivity contribution < 1.29 is 0 Å². The van der Waals surface area contributed by atoms with Crippen molar-refractivity contribution in [3.8, 4) is 0 Å². The van der Waals surface area contributed by atoms with E-state index in [1.807, 2.05) is 0 Å². The summed E-state index contributed by atoms with van der Waals surface area (Å²) in [7, 11) is 0. The Labute approximate surface area is 89.4 Å². The van der Waals surface area contributed by atoms with Gasteiger partial charge in [0.1, 0.15) is 0 Å². The molecule has 1 aromatic rings. The molecule has 0 N–H and O–H groups in total. The Morgan fingerprint density at radius 2 is 1.36 bits per heavy atom. The minimum absolute atomic E-state index is 1.21. The highest BCUT2D eigenvalue weighted by atomic mass is 13.9. The second-order valence-electron chi connectivity index (χ2n) is 3.59. The number of hydrogen-bond acceptors (Lipinski definition) is 0. The van der Waals surface area contributed by atoms with E-state index in [-0.39, 0.29) is 0 Å². The largest absolute Gasteiger partial charge is 0.0654 e. The van der Waals surface area contributed by atoms with Crippen LogP contribution in [0.5, 0.6) is 0 Å². The first kappa shape index (κ1) is 13.2. The molecule has 1 rings (SSSR count). The number of aryl methyl sites for hydroxylation is 1. The Bertz CT molecular complexity index is 186. The van der Waals surface area contributed by atoms with E-state index < -0.39 is 0 Å². The van der Waals surface area contributed by atoms with Crippen LogP contribution in [0, 0.1) is 0 Å². The normalized spacial score (nSPS) is 9.07. The van der Waals surface area contributed by atoms with Gasteiger partial charge in [0.2, 0.25) is 0 Å². The van der Waals surface area contributed by atoms with Crippen LogP contribution in [0.25, 0.3) is 0 Å². The Morgan fingerprint density at radius 1 is 0.786 bits per heavy atom. The van der Waals surface area contributed by atoms with Crippen LogP contribution in [0.2, 0.25) is 0 Å². The van der Waals surface area contributed by atoms with Gasteiger partial charge in [-0.1, -0.05) is 76.8 Å². The van der Waals surface area contributed by atoms with Crippen molar-refractivity contribution in [1.29, 1.82) is 0 Å². The lowest BCUT2D eigenvalue weighted by molar-refractivity contribution is 0.772. The first-order valence-electron chi connectivity index (χ1n) is 5.89. The molecule has 0 saturated heterocycles. The molecule has 0 aromatic heterocycles. The molecule has 0 unspecified atom stereocenters. The molecule has 0 aliphatic carbocycles. The highest BCUT2D eigenvalue weighted by Crippen LogP contribution is 2.00. The van der Waals surface area contributed by atoms with Crippen LogP contribution < -0.4 is 0 Å². The van der Waals surface area contributed by atoms with Crippen LogP contribution in [-0.2, 0) is 6.42 Å². The summed E-state index contributed by atoms with van der Waals surface area (Å²) in [5.41, 5.74) is 1.44. The second-order valence-corrected chi connectivity index (χ2v) is 3.59. The minimum Gasteiger partial charge on any atom is -0.0654 e. The zero-order chi connectivity index (χ0) is 10.6. The standard InChI is InChI=1S/C9H12.C5H12/c1-2-6-9-7-4-3-5-8-9;1-3-5-4-2/h3-5,7-8H,2,6H2,1H3;3-5H2,1-2H3. The Balaban J connectivity index is 0.000000292. The molecule has 0 saturated carbocycles. The third-order valence-corrected chi connectivity index (χ3v) is 2.09. The number of unbranched alkanes of at least 4 members (excludes halogenated alkanes) is 2. The quantitative estimate of drug-likeness (QED) is 0.640. The fourth-order valence-electron chi connectivity index (χ4n) is 1.29. The van der Waals surface area contributed by atoms with Gasteiger partial charge in [-0.25, -0.2) is 0 Å². The molecule has 0 bridgehead atoms. The molecule has 1 aromatic carbocycles. The van der Waals surface area contributed by atoms with Crippen molar-refractivity contribution in [2.24, 2.45) is 0 Å². The van der Waals surface area contributed by atoms with E-state index >= 15 is 0 Å². The summed E-state index contributed by atoms with van der Waals surface area (Å²) in [5, 5.41) is 0. The molecule has 0 heteroatoms. The first-order chi connectivity index (χ1) is 6.85. The molecule has 80 valence electrons. The predicted molar refractivity (Wildman–Crippen MR) is 65.6 cm³/mol. The third kappa shape index (κ3) is 7.85. The molecule has 14 heavy (non-hydrogen) atoms. The van der Waals surface area contributed by atoms with Gasteiger partial charge in [0, 0.05) is 0 Å². The number of hydrogen-bond donors (Lipinski definition) is 0. The summed E-state index contributed by atoms with van der Waals surface area (Å²) in [6, 6.07) is 10.6. The summed E-state index contributed by atoms with van der Waals surface area (Å²) in [4.78, 5) is 0. The van der Waals surface area contributed by atoms with E-state index in [1.54, 1.807) is 0 Å². The second kappa shape index (κ2) is 10.3. The summed E-state index contributed by atoms with van der Waals surface area (Å²) >= 11 is 0. The van der Waals surface area contributed by atoms with Gasteiger partial charge < -0.3 is 0 Å². The van der Waals surface area contributed by atoms with E-state index in [9.17, 15) is 0 Å². The van der Waals surface area contributed by atoms with E-state index in [2.05, 4.69) is 51.1 Å². The number of benzene rings is 1. The maximum Gasteiger partial charge on any atom is -0.0281 e. The smallest absolute Gasteiger partial charge is 0.0281 e. The molecule has 0 atom stereocenters. The summed E-state index contributed by atoms with van der Waals surface area (Å²) < 4.78 is 0. The maximum atomic E-state index is 2.21. The van der Waals surface area contributed by atoms with E-state index in [0.717, 1.165) is 0 Å². The molecule has 0 fully saturated rings. The monoisotopic (exact) mass is 192 g/mol. The predicted octanol–water partition coefficient (Wildman–Crippen LogP) is 4.84. The van der Waals surface area contributed by atoms with Gasteiger partial charge in [-0.15, -0.1) is 0 Å². The minimum atomic E-state index is 1.21. The van der Waals surface area contributed by atoms with Gasteiger partial charge >= 0.3 is 0 Å². The summed E-state index contributed by atoms with van der Waals surface area (Å²) in [6.07, 6.45) is 6.53. The third-order valence-electron chi connectivity index (χ3n) is 2.09. The van der Waals surface area contributed by atoms with Crippen molar-refractivity contribution >= 4 is 0 Å². The zero-order valence-electron chi connectivity index (χ0n) is 9.92. The molecule has 0 aliphatic rings. The molecule has 0 nitrogen and oxygen atoms in total. The van der Waals surface area contributed by atoms with Crippen molar-refractivity contribution in [1.82, 2.24) is 0 Å².